The lowest BCUT2D eigenvalue weighted by atomic mass is 10.1. The molecule has 65 heavy (non-hydrogen) atoms. The van der Waals surface area contributed by atoms with E-state index in [4.69, 9.17) is 9.47 Å². The first kappa shape index (κ1) is 41.2. The molecule has 0 radical (unpaired) electrons. The molecule has 9 aromatic rings. The highest BCUT2D eigenvalue weighted by Gasteiger charge is 2.31. The molecule has 5 aromatic carbocycles. The highest BCUT2D eigenvalue weighted by atomic mass is 19.4. The molecule has 0 aliphatic carbocycles. The molecule has 4 aromatic heterocycles. The lowest BCUT2D eigenvalue weighted by molar-refractivity contribution is -0.274. The Morgan fingerprint density at radius 1 is 0.569 bits per heavy atom. The van der Waals surface area contributed by atoms with E-state index >= 15 is 0 Å². The Hall–Kier alpha value is -7.83. The minimum absolute atomic E-state index is 0.0106. The van der Waals surface area contributed by atoms with Crippen molar-refractivity contribution in [1.29, 1.82) is 0 Å². The van der Waals surface area contributed by atoms with Gasteiger partial charge in [0.25, 0.3) is 0 Å². The zero-order valence-electron chi connectivity index (χ0n) is 34.5. The number of rotatable bonds is 7. The van der Waals surface area contributed by atoms with Gasteiger partial charge in [-0.1, -0.05) is 71.1 Å². The van der Waals surface area contributed by atoms with E-state index in [0.29, 0.717) is 84.3 Å². The topological polar surface area (TPSA) is 161 Å². The van der Waals surface area contributed by atoms with E-state index in [9.17, 15) is 22.8 Å². The third kappa shape index (κ3) is 8.63. The van der Waals surface area contributed by atoms with Crippen molar-refractivity contribution in [3.8, 4) is 39.6 Å². The maximum absolute atomic E-state index is 12.9. The van der Waals surface area contributed by atoms with Gasteiger partial charge in [0.1, 0.15) is 28.8 Å². The van der Waals surface area contributed by atoms with Crippen LogP contribution in [0.5, 0.6) is 5.75 Å². The number of nitrogens with zero attached hydrogens (tertiary/aromatic N) is 8. The van der Waals surface area contributed by atoms with Crippen molar-refractivity contribution in [1.82, 2.24) is 40.0 Å². The van der Waals surface area contributed by atoms with Crippen molar-refractivity contribution in [3.63, 3.8) is 0 Å². The third-order valence-electron chi connectivity index (χ3n) is 11.3. The van der Waals surface area contributed by atoms with Gasteiger partial charge in [0.05, 0.1) is 61.2 Å². The Balaban J connectivity index is 0.000000153. The van der Waals surface area contributed by atoms with Crippen molar-refractivity contribution in [2.24, 2.45) is 0 Å². The van der Waals surface area contributed by atoms with Crippen LogP contribution in [0.15, 0.2) is 137 Å². The van der Waals surface area contributed by atoms with Gasteiger partial charge in [0, 0.05) is 65.6 Å². The number of aromatic nitrogens is 8. The van der Waals surface area contributed by atoms with Gasteiger partial charge in [0.15, 0.2) is 10.9 Å². The normalized spacial score (nSPS) is 14.4. The smallest absolute Gasteiger partial charge is 0.406 e. The van der Waals surface area contributed by atoms with Crippen LogP contribution in [0.1, 0.15) is 0 Å². The van der Waals surface area contributed by atoms with Crippen molar-refractivity contribution in [2.45, 2.75) is 6.36 Å². The minimum atomic E-state index is -4.76. The number of fused-ring (bicyclic) bond motifs is 3. The molecule has 0 amide bonds. The molecule has 2 fully saturated rings. The van der Waals surface area contributed by atoms with Crippen molar-refractivity contribution < 1.29 is 27.4 Å². The molecular formula is C47H39F3N10O5. The number of para-hydroxylation sites is 2. The summed E-state index contributed by atoms with van der Waals surface area (Å²) in [4.78, 5) is 36.7. The summed E-state index contributed by atoms with van der Waals surface area (Å²) in [6.45, 7) is 5.33. The number of hydrogen-bond donors (Lipinski definition) is 2. The van der Waals surface area contributed by atoms with Gasteiger partial charge >= 0.3 is 6.36 Å². The Bertz CT molecular complexity index is 3270. The lowest BCUT2D eigenvalue weighted by Crippen LogP contribution is -2.37. The number of halogens is 3. The first-order valence-corrected chi connectivity index (χ1v) is 20.8. The minimum Gasteiger partial charge on any atom is -0.406 e. The molecule has 0 bridgehead atoms. The second-order valence-electron chi connectivity index (χ2n) is 15.3. The average molecular weight is 881 g/mol. The highest BCUT2D eigenvalue weighted by molar-refractivity contribution is 5.95. The Labute approximate surface area is 367 Å². The van der Waals surface area contributed by atoms with E-state index in [1.807, 2.05) is 54.7 Å². The fraction of sp³-hybridized carbons (Fsp3) is 0.191. The Morgan fingerprint density at radius 2 is 1.06 bits per heavy atom. The molecule has 0 atom stereocenters. The Kier molecular flexibility index (Phi) is 11.0. The summed E-state index contributed by atoms with van der Waals surface area (Å²) in [6.07, 6.45) is -1.20. The third-order valence-corrected chi connectivity index (χ3v) is 11.3. The number of aromatic amines is 2. The number of morpholine rings is 2. The summed E-state index contributed by atoms with van der Waals surface area (Å²) in [5.41, 5.74) is 5.49. The average Bonchev–Trinajstić information content (AvgIpc) is 4.03. The maximum atomic E-state index is 12.9. The number of pyridine rings is 2. The van der Waals surface area contributed by atoms with Gasteiger partial charge in [-0.3, -0.25) is 9.59 Å². The number of benzene rings is 5. The van der Waals surface area contributed by atoms with Gasteiger partial charge in [-0.05, 0) is 47.9 Å². The van der Waals surface area contributed by atoms with Gasteiger partial charge in [-0.15, -0.1) is 23.4 Å². The fourth-order valence-corrected chi connectivity index (χ4v) is 8.12. The molecule has 15 nitrogen and oxygen atoms in total. The molecule has 0 saturated carbocycles. The standard InChI is InChI=1S/C25H21N5O2.C22H18F3N5O3/c31-23-15-24(29-11-13-32-14-12-29)26-25-19(8-4-9-20(23)25)21-16-30(28-27-21)22-10-3-6-17-5-1-2-7-18(17)22;23-22(24,25)33-15-6-4-14(5-7-15)30-13-18(27-28-30)16-2-1-3-17-19(31)12-20(26-21(16)17)29-8-10-32-11-9-29/h1-10,15-16H,11-14H2,(H,26,31);1-7,12-13H,8-11H2,(H,26,31). The van der Waals surface area contributed by atoms with E-state index in [0.717, 1.165) is 46.4 Å². The first-order valence-electron chi connectivity index (χ1n) is 20.8. The molecule has 18 heteroatoms. The zero-order chi connectivity index (χ0) is 44.5. The van der Waals surface area contributed by atoms with Crippen LogP contribution in [0.2, 0.25) is 0 Å². The van der Waals surface area contributed by atoms with Crippen LogP contribution in [-0.4, -0.2) is 98.9 Å². The number of ether oxygens (including phenoxy) is 3. The molecule has 2 N–H and O–H groups in total. The van der Waals surface area contributed by atoms with E-state index in [2.05, 4.69) is 63.3 Å². The highest BCUT2D eigenvalue weighted by Crippen LogP contribution is 2.30. The van der Waals surface area contributed by atoms with Crippen LogP contribution in [0.25, 0.3) is 66.5 Å². The number of H-pyrrole nitrogens is 2. The molecule has 6 heterocycles. The van der Waals surface area contributed by atoms with E-state index in [1.54, 1.807) is 35.1 Å². The van der Waals surface area contributed by atoms with E-state index in [-0.39, 0.29) is 16.6 Å². The predicted molar refractivity (Wildman–Crippen MR) is 240 cm³/mol. The summed E-state index contributed by atoms with van der Waals surface area (Å²) in [6, 6.07) is 33.9. The summed E-state index contributed by atoms with van der Waals surface area (Å²) in [5, 5.41) is 20.6. The van der Waals surface area contributed by atoms with Crippen LogP contribution >= 0.6 is 0 Å². The predicted octanol–water partition coefficient (Wildman–Crippen LogP) is 7.28. The van der Waals surface area contributed by atoms with Crippen LogP contribution in [0.3, 0.4) is 0 Å². The molecule has 2 aliphatic rings. The molecule has 2 saturated heterocycles. The zero-order valence-corrected chi connectivity index (χ0v) is 34.5. The quantitative estimate of drug-likeness (QED) is 0.166. The molecule has 328 valence electrons. The number of hydrogen-bond acceptors (Lipinski definition) is 11. The van der Waals surface area contributed by atoms with Gasteiger partial charge in [0.2, 0.25) is 0 Å². The van der Waals surface area contributed by atoms with Crippen LogP contribution in [0, 0.1) is 0 Å². The van der Waals surface area contributed by atoms with Crippen LogP contribution in [0.4, 0.5) is 24.8 Å². The molecule has 0 spiro atoms. The molecular weight excluding hydrogens is 842 g/mol. The van der Waals surface area contributed by atoms with Crippen molar-refractivity contribution in [3.05, 3.63) is 148 Å². The first-order chi connectivity index (χ1) is 31.6. The van der Waals surface area contributed by atoms with Crippen molar-refractivity contribution in [2.75, 3.05) is 62.4 Å². The van der Waals surface area contributed by atoms with Gasteiger partial charge < -0.3 is 34.0 Å². The Morgan fingerprint density at radius 3 is 1.63 bits per heavy atom. The molecule has 2 aliphatic heterocycles. The lowest BCUT2D eigenvalue weighted by Gasteiger charge is -2.28. The summed E-state index contributed by atoms with van der Waals surface area (Å²) >= 11 is 0. The van der Waals surface area contributed by atoms with E-state index < -0.39 is 6.36 Å². The molecule has 0 unspecified atom stereocenters. The van der Waals surface area contributed by atoms with Crippen LogP contribution < -0.4 is 25.4 Å². The number of alkyl halides is 3. The van der Waals surface area contributed by atoms with Gasteiger partial charge in [-0.25, -0.2) is 9.36 Å². The maximum Gasteiger partial charge on any atom is 0.573 e. The second kappa shape index (κ2) is 17.4. The monoisotopic (exact) mass is 880 g/mol. The second-order valence-corrected chi connectivity index (χ2v) is 15.3. The summed E-state index contributed by atoms with van der Waals surface area (Å²) in [5.74, 6) is 1.18. The number of nitrogens with one attached hydrogen (secondary N) is 2. The van der Waals surface area contributed by atoms with Crippen molar-refractivity contribution >= 4 is 44.2 Å². The van der Waals surface area contributed by atoms with Gasteiger partial charge in [-0.2, -0.15) is 0 Å². The summed E-state index contributed by atoms with van der Waals surface area (Å²) < 4.78 is 55.1. The molecule has 11 rings (SSSR count). The SMILES string of the molecule is O=c1cc(N2CCOCC2)[nH]c2c(-c3cn(-c4ccc(OC(F)(F)F)cc4)nn3)cccc12.O=c1cc(N2CCOCC2)[nH]c2c(-c3cn(-c4cccc5ccccc45)nn3)cccc12. The fourth-order valence-electron chi connectivity index (χ4n) is 8.12. The largest absolute Gasteiger partial charge is 0.573 e. The van der Waals surface area contributed by atoms with E-state index in [1.165, 1.54) is 28.9 Å². The van der Waals surface area contributed by atoms with Crippen LogP contribution in [-0.2, 0) is 9.47 Å². The summed E-state index contributed by atoms with van der Waals surface area (Å²) in [7, 11) is 0. The number of anilines is 2.